The number of hydrogen-bond donors (Lipinski definition) is 2. The Bertz CT molecular complexity index is 371. The molecule has 0 aliphatic rings. The zero-order valence-corrected chi connectivity index (χ0v) is 8.63. The Kier molecular flexibility index (Phi) is 2.90. The summed E-state index contributed by atoms with van der Waals surface area (Å²) in [6.45, 7) is 6.12. The fraction of sp³-hybridized carbons (Fsp3) is 0.556. The molecule has 1 aromatic heterocycles. The molecule has 0 unspecified atom stereocenters. The molecule has 3 N–H and O–H groups in total. The van der Waals surface area contributed by atoms with E-state index in [-0.39, 0.29) is 11.2 Å². The third kappa shape index (κ3) is 2.11. The van der Waals surface area contributed by atoms with Crippen molar-refractivity contribution in [2.24, 2.45) is 0 Å². The van der Waals surface area contributed by atoms with Crippen molar-refractivity contribution >= 4 is 5.69 Å². The lowest BCUT2D eigenvalue weighted by atomic mass is 10.1. The Hall–Kier alpha value is -1.36. The van der Waals surface area contributed by atoms with Crippen LogP contribution in [0, 0.1) is 0 Å². The number of nitrogens with two attached hydrogens (primary N) is 1. The van der Waals surface area contributed by atoms with Gasteiger partial charge in [0.1, 0.15) is 17.1 Å². The molecule has 0 fully saturated rings. The lowest BCUT2D eigenvalue weighted by molar-refractivity contribution is -0.0209. The van der Waals surface area contributed by atoms with Gasteiger partial charge in [-0.05, 0) is 20.8 Å². The first-order valence-corrected chi connectivity index (χ1v) is 4.46. The van der Waals surface area contributed by atoms with Crippen molar-refractivity contribution in [3.8, 4) is 0 Å². The van der Waals surface area contributed by atoms with E-state index in [4.69, 9.17) is 10.5 Å². The summed E-state index contributed by atoms with van der Waals surface area (Å²) in [7, 11) is 0. The maximum absolute atomic E-state index is 11.2. The van der Waals surface area contributed by atoms with Gasteiger partial charge >= 0.3 is 0 Å². The number of hydrogen-bond acceptors (Lipinski definition) is 4. The van der Waals surface area contributed by atoms with E-state index in [2.05, 4.69) is 9.97 Å². The molecule has 0 saturated carbocycles. The highest BCUT2D eigenvalue weighted by molar-refractivity contribution is 5.30. The van der Waals surface area contributed by atoms with E-state index in [1.165, 1.54) is 6.20 Å². The first-order valence-electron chi connectivity index (χ1n) is 4.46. The molecular formula is C9H15N3O2. The van der Waals surface area contributed by atoms with Gasteiger partial charge in [-0.2, -0.15) is 0 Å². The van der Waals surface area contributed by atoms with E-state index >= 15 is 0 Å². The second-order valence-electron chi connectivity index (χ2n) is 3.46. The SMILES string of the molecule is CCOC(C)(C)c1ncc(N)c(=O)[nH]1. The van der Waals surface area contributed by atoms with E-state index in [0.717, 1.165) is 0 Å². The van der Waals surface area contributed by atoms with Crippen molar-refractivity contribution < 1.29 is 4.74 Å². The Balaban J connectivity index is 3.07. The molecule has 0 atom stereocenters. The Morgan fingerprint density at radius 2 is 2.29 bits per heavy atom. The van der Waals surface area contributed by atoms with Gasteiger partial charge in [0.15, 0.2) is 0 Å². The monoisotopic (exact) mass is 197 g/mol. The summed E-state index contributed by atoms with van der Waals surface area (Å²) in [5, 5.41) is 0. The van der Waals surface area contributed by atoms with Crippen LogP contribution in [-0.4, -0.2) is 16.6 Å². The van der Waals surface area contributed by atoms with Gasteiger partial charge in [-0.3, -0.25) is 4.79 Å². The molecule has 0 aliphatic heterocycles. The highest BCUT2D eigenvalue weighted by Crippen LogP contribution is 2.19. The summed E-state index contributed by atoms with van der Waals surface area (Å²) in [6.07, 6.45) is 1.34. The number of rotatable bonds is 3. The quantitative estimate of drug-likeness (QED) is 0.744. The van der Waals surface area contributed by atoms with E-state index in [1.807, 2.05) is 20.8 Å². The summed E-state index contributed by atoms with van der Waals surface area (Å²) in [5.74, 6) is 0.485. The lowest BCUT2D eigenvalue weighted by Gasteiger charge is -2.23. The summed E-state index contributed by atoms with van der Waals surface area (Å²) in [6, 6.07) is 0. The van der Waals surface area contributed by atoms with E-state index in [1.54, 1.807) is 0 Å². The van der Waals surface area contributed by atoms with Gasteiger partial charge in [0.2, 0.25) is 0 Å². The molecule has 78 valence electrons. The van der Waals surface area contributed by atoms with Crippen LogP contribution in [0.25, 0.3) is 0 Å². The minimum atomic E-state index is -0.596. The molecule has 0 aromatic carbocycles. The number of nitrogens with zero attached hydrogens (tertiary/aromatic N) is 1. The van der Waals surface area contributed by atoms with Crippen molar-refractivity contribution in [2.45, 2.75) is 26.4 Å². The normalized spacial score (nSPS) is 11.6. The van der Waals surface area contributed by atoms with Gasteiger partial charge in [-0.15, -0.1) is 0 Å². The first-order chi connectivity index (χ1) is 6.47. The van der Waals surface area contributed by atoms with Crippen LogP contribution in [0.4, 0.5) is 5.69 Å². The zero-order valence-electron chi connectivity index (χ0n) is 8.63. The average molecular weight is 197 g/mol. The van der Waals surface area contributed by atoms with Gasteiger partial charge < -0.3 is 15.5 Å². The highest BCUT2D eigenvalue weighted by Gasteiger charge is 2.23. The molecule has 14 heavy (non-hydrogen) atoms. The molecule has 0 radical (unpaired) electrons. The summed E-state index contributed by atoms with van der Waals surface area (Å²) < 4.78 is 5.44. The second kappa shape index (κ2) is 3.79. The predicted molar refractivity (Wildman–Crippen MR) is 53.9 cm³/mol. The molecule has 1 heterocycles. The number of aromatic nitrogens is 2. The summed E-state index contributed by atoms with van der Waals surface area (Å²) in [4.78, 5) is 17.8. The standard InChI is InChI=1S/C9H15N3O2/c1-4-14-9(2,3)8-11-5-6(10)7(13)12-8/h5H,4,10H2,1-3H3,(H,11,12,13). The molecule has 1 rings (SSSR count). The molecule has 5 heteroatoms. The lowest BCUT2D eigenvalue weighted by Crippen LogP contribution is -2.28. The van der Waals surface area contributed by atoms with E-state index in [9.17, 15) is 4.79 Å². The van der Waals surface area contributed by atoms with Crippen LogP contribution < -0.4 is 11.3 Å². The van der Waals surface area contributed by atoms with Crippen LogP contribution in [0.3, 0.4) is 0 Å². The van der Waals surface area contributed by atoms with Crippen molar-refractivity contribution in [3.05, 3.63) is 22.4 Å². The molecule has 0 amide bonds. The molecule has 0 aliphatic carbocycles. The first kappa shape index (κ1) is 10.7. The summed E-state index contributed by atoms with van der Waals surface area (Å²) >= 11 is 0. The largest absolute Gasteiger partial charge is 0.393 e. The number of nitrogens with one attached hydrogen (secondary N) is 1. The van der Waals surface area contributed by atoms with E-state index in [0.29, 0.717) is 12.4 Å². The van der Waals surface area contributed by atoms with Gasteiger partial charge in [0, 0.05) is 6.61 Å². The third-order valence-corrected chi connectivity index (χ3v) is 1.90. The Labute approximate surface area is 82.3 Å². The van der Waals surface area contributed by atoms with Crippen molar-refractivity contribution in [1.29, 1.82) is 0 Å². The number of anilines is 1. The maximum atomic E-state index is 11.2. The second-order valence-corrected chi connectivity index (χ2v) is 3.46. The molecule has 1 aromatic rings. The number of aromatic amines is 1. The Morgan fingerprint density at radius 1 is 1.64 bits per heavy atom. The minimum absolute atomic E-state index is 0.112. The maximum Gasteiger partial charge on any atom is 0.274 e. The zero-order chi connectivity index (χ0) is 10.8. The average Bonchev–Trinajstić information content (AvgIpc) is 2.09. The van der Waals surface area contributed by atoms with Gasteiger partial charge in [-0.1, -0.05) is 0 Å². The topological polar surface area (TPSA) is 81.0 Å². The molecule has 0 spiro atoms. The fourth-order valence-corrected chi connectivity index (χ4v) is 1.14. The van der Waals surface area contributed by atoms with Crippen molar-refractivity contribution in [3.63, 3.8) is 0 Å². The van der Waals surface area contributed by atoms with Crippen molar-refractivity contribution in [2.75, 3.05) is 12.3 Å². The predicted octanol–water partition coefficient (Wildman–Crippen LogP) is 0.624. The molecular weight excluding hydrogens is 182 g/mol. The molecule has 0 saturated heterocycles. The third-order valence-electron chi connectivity index (χ3n) is 1.90. The highest BCUT2D eigenvalue weighted by atomic mass is 16.5. The van der Waals surface area contributed by atoms with Gasteiger partial charge in [-0.25, -0.2) is 4.98 Å². The summed E-state index contributed by atoms with van der Waals surface area (Å²) in [5.41, 5.74) is 4.54. The van der Waals surface area contributed by atoms with Crippen LogP contribution in [0.5, 0.6) is 0 Å². The molecule has 5 nitrogen and oxygen atoms in total. The van der Waals surface area contributed by atoms with E-state index < -0.39 is 5.60 Å². The van der Waals surface area contributed by atoms with Crippen LogP contribution in [0.15, 0.2) is 11.0 Å². The smallest absolute Gasteiger partial charge is 0.274 e. The van der Waals surface area contributed by atoms with Crippen LogP contribution in [-0.2, 0) is 10.3 Å². The van der Waals surface area contributed by atoms with Crippen LogP contribution in [0.2, 0.25) is 0 Å². The van der Waals surface area contributed by atoms with Gasteiger partial charge in [0.25, 0.3) is 5.56 Å². The van der Waals surface area contributed by atoms with Crippen LogP contribution >= 0.6 is 0 Å². The Morgan fingerprint density at radius 3 is 2.79 bits per heavy atom. The van der Waals surface area contributed by atoms with Crippen LogP contribution in [0.1, 0.15) is 26.6 Å². The minimum Gasteiger partial charge on any atom is -0.393 e. The van der Waals surface area contributed by atoms with Crippen molar-refractivity contribution in [1.82, 2.24) is 9.97 Å². The fourth-order valence-electron chi connectivity index (χ4n) is 1.14. The molecule has 0 bridgehead atoms. The number of nitrogen functional groups attached to an aromatic ring is 1. The number of H-pyrrole nitrogens is 1. The van der Waals surface area contributed by atoms with Gasteiger partial charge in [0.05, 0.1) is 6.20 Å². The number of ether oxygens (including phenoxy) is 1.